The van der Waals surface area contributed by atoms with E-state index in [1.54, 1.807) is 18.2 Å². The minimum absolute atomic E-state index is 0.0713. The average Bonchev–Trinajstić information content (AvgIpc) is 2.62. The third kappa shape index (κ3) is 1.22. The fraction of sp³-hybridized carbons (Fsp3) is 0.100. The smallest absolute Gasteiger partial charge is 0.174 e. The fourth-order valence-electron chi connectivity index (χ4n) is 1.23. The first-order chi connectivity index (χ1) is 6.76. The average molecular weight is 207 g/mol. The van der Waals surface area contributed by atoms with Gasteiger partial charge in [-0.25, -0.2) is 4.39 Å². The maximum Gasteiger partial charge on any atom is 0.174 e. The largest absolute Gasteiger partial charge is 0.487 e. The number of hydrogen-bond donors (Lipinski definition) is 0. The van der Waals surface area contributed by atoms with Gasteiger partial charge >= 0.3 is 0 Å². The lowest BCUT2D eigenvalue weighted by Gasteiger charge is -1.93. The number of benzene rings is 1. The standard InChI is InChI=1S/C10H6FNOS/c1-13-8-4-6-2-3-7(5-12)9(11)10(6)14-8/h2-4H,1H3. The second kappa shape index (κ2) is 3.28. The molecule has 4 heteroatoms. The molecule has 0 atom stereocenters. The third-order valence-electron chi connectivity index (χ3n) is 1.93. The first-order valence-electron chi connectivity index (χ1n) is 3.92. The summed E-state index contributed by atoms with van der Waals surface area (Å²) in [5.41, 5.74) is 0.0713. The van der Waals surface area contributed by atoms with Crippen molar-refractivity contribution in [3.8, 4) is 11.1 Å². The molecule has 2 aromatic rings. The number of thiophene rings is 1. The number of methoxy groups -OCH3 is 1. The van der Waals surface area contributed by atoms with E-state index in [0.717, 1.165) is 5.39 Å². The first-order valence-corrected chi connectivity index (χ1v) is 4.74. The van der Waals surface area contributed by atoms with E-state index in [4.69, 9.17) is 10.00 Å². The third-order valence-corrected chi connectivity index (χ3v) is 3.03. The van der Waals surface area contributed by atoms with Gasteiger partial charge in [-0.3, -0.25) is 0 Å². The topological polar surface area (TPSA) is 33.0 Å². The van der Waals surface area contributed by atoms with Crippen molar-refractivity contribution >= 4 is 21.4 Å². The molecule has 0 bridgehead atoms. The molecule has 0 saturated carbocycles. The summed E-state index contributed by atoms with van der Waals surface area (Å²) in [7, 11) is 1.54. The highest BCUT2D eigenvalue weighted by Gasteiger charge is 2.10. The van der Waals surface area contributed by atoms with Crippen molar-refractivity contribution in [2.75, 3.05) is 7.11 Å². The van der Waals surface area contributed by atoms with Crippen LogP contribution < -0.4 is 4.74 Å². The quantitative estimate of drug-likeness (QED) is 0.720. The van der Waals surface area contributed by atoms with Gasteiger partial charge in [0.1, 0.15) is 6.07 Å². The van der Waals surface area contributed by atoms with E-state index < -0.39 is 5.82 Å². The van der Waals surface area contributed by atoms with Crippen LogP contribution in [0.4, 0.5) is 4.39 Å². The molecule has 0 aliphatic heterocycles. The Labute approximate surface area is 84.2 Å². The van der Waals surface area contributed by atoms with Crippen LogP contribution >= 0.6 is 11.3 Å². The SMILES string of the molecule is COc1cc2ccc(C#N)c(F)c2s1. The highest BCUT2D eigenvalue weighted by molar-refractivity contribution is 7.20. The number of rotatable bonds is 1. The molecule has 0 saturated heterocycles. The summed E-state index contributed by atoms with van der Waals surface area (Å²) in [6.45, 7) is 0. The van der Waals surface area contributed by atoms with Crippen molar-refractivity contribution in [2.45, 2.75) is 0 Å². The van der Waals surface area contributed by atoms with Crippen molar-refractivity contribution in [3.05, 3.63) is 29.6 Å². The summed E-state index contributed by atoms with van der Waals surface area (Å²) in [6, 6.07) is 6.75. The van der Waals surface area contributed by atoms with Gasteiger partial charge < -0.3 is 4.74 Å². The van der Waals surface area contributed by atoms with Gasteiger partial charge in [-0.15, -0.1) is 0 Å². The number of nitrogens with zero attached hydrogens (tertiary/aromatic N) is 1. The van der Waals surface area contributed by atoms with E-state index in [1.807, 2.05) is 0 Å². The second-order valence-electron chi connectivity index (χ2n) is 2.73. The lowest BCUT2D eigenvalue weighted by Crippen LogP contribution is -1.81. The number of ether oxygens (including phenoxy) is 1. The molecular formula is C10H6FNOS. The zero-order valence-corrected chi connectivity index (χ0v) is 8.19. The van der Waals surface area contributed by atoms with Crippen LogP contribution in [-0.2, 0) is 0 Å². The molecule has 14 heavy (non-hydrogen) atoms. The van der Waals surface area contributed by atoms with Crippen LogP contribution in [0.25, 0.3) is 10.1 Å². The molecule has 0 amide bonds. The molecule has 70 valence electrons. The molecule has 1 heterocycles. The van der Waals surface area contributed by atoms with E-state index >= 15 is 0 Å². The molecule has 0 N–H and O–H groups in total. The Morgan fingerprint density at radius 2 is 2.29 bits per heavy atom. The van der Waals surface area contributed by atoms with Crippen molar-refractivity contribution < 1.29 is 9.13 Å². The van der Waals surface area contributed by atoms with Gasteiger partial charge in [-0.2, -0.15) is 5.26 Å². The minimum Gasteiger partial charge on any atom is -0.487 e. The maximum atomic E-state index is 13.6. The predicted molar refractivity (Wildman–Crippen MR) is 53.1 cm³/mol. The monoisotopic (exact) mass is 207 g/mol. The predicted octanol–water partition coefficient (Wildman–Crippen LogP) is 2.92. The molecule has 0 fully saturated rings. The summed E-state index contributed by atoms with van der Waals surface area (Å²) in [6.07, 6.45) is 0. The molecule has 1 aromatic carbocycles. The summed E-state index contributed by atoms with van der Waals surface area (Å²) in [4.78, 5) is 0. The summed E-state index contributed by atoms with van der Waals surface area (Å²) >= 11 is 1.21. The molecular weight excluding hydrogens is 201 g/mol. The highest BCUT2D eigenvalue weighted by atomic mass is 32.1. The Morgan fingerprint density at radius 1 is 1.50 bits per heavy atom. The lowest BCUT2D eigenvalue weighted by atomic mass is 10.2. The van der Waals surface area contributed by atoms with Gasteiger partial charge in [0.25, 0.3) is 0 Å². The Balaban J connectivity index is 2.76. The lowest BCUT2D eigenvalue weighted by molar-refractivity contribution is 0.427. The molecule has 0 spiro atoms. The van der Waals surface area contributed by atoms with Gasteiger partial charge in [-0.1, -0.05) is 17.4 Å². The molecule has 1 aromatic heterocycles. The Morgan fingerprint density at radius 3 is 2.93 bits per heavy atom. The van der Waals surface area contributed by atoms with Crippen LogP contribution in [0.5, 0.6) is 5.06 Å². The highest BCUT2D eigenvalue weighted by Crippen LogP contribution is 2.34. The minimum atomic E-state index is -0.460. The van der Waals surface area contributed by atoms with Crippen molar-refractivity contribution in [3.63, 3.8) is 0 Å². The molecule has 0 aliphatic carbocycles. The van der Waals surface area contributed by atoms with Gasteiger partial charge in [0, 0.05) is 0 Å². The van der Waals surface area contributed by atoms with Crippen LogP contribution in [0.1, 0.15) is 5.56 Å². The Bertz CT molecular complexity index is 527. The van der Waals surface area contributed by atoms with E-state index in [0.29, 0.717) is 9.76 Å². The molecule has 0 radical (unpaired) electrons. The number of nitriles is 1. The molecule has 2 nitrogen and oxygen atoms in total. The summed E-state index contributed by atoms with van der Waals surface area (Å²) in [5, 5.41) is 10.0. The number of fused-ring (bicyclic) bond motifs is 1. The van der Waals surface area contributed by atoms with E-state index in [2.05, 4.69) is 0 Å². The Hall–Kier alpha value is -1.60. The number of hydrogen-bond acceptors (Lipinski definition) is 3. The van der Waals surface area contributed by atoms with Gasteiger partial charge in [-0.05, 0) is 17.5 Å². The normalized spacial score (nSPS) is 10.1. The first kappa shape index (κ1) is 8.97. The van der Waals surface area contributed by atoms with Gasteiger partial charge in [0.2, 0.25) is 0 Å². The maximum absolute atomic E-state index is 13.6. The van der Waals surface area contributed by atoms with Crippen LogP contribution in [0.3, 0.4) is 0 Å². The fourth-order valence-corrected chi connectivity index (χ4v) is 2.15. The summed E-state index contributed by atoms with van der Waals surface area (Å²) < 4.78 is 19.0. The van der Waals surface area contributed by atoms with Crippen molar-refractivity contribution in [2.24, 2.45) is 0 Å². The van der Waals surface area contributed by atoms with E-state index in [9.17, 15) is 4.39 Å². The zero-order valence-electron chi connectivity index (χ0n) is 7.37. The van der Waals surface area contributed by atoms with E-state index in [-0.39, 0.29) is 5.56 Å². The van der Waals surface area contributed by atoms with Gasteiger partial charge in [0.05, 0.1) is 17.4 Å². The van der Waals surface area contributed by atoms with Crippen molar-refractivity contribution in [1.82, 2.24) is 0 Å². The van der Waals surface area contributed by atoms with Gasteiger partial charge in [0.15, 0.2) is 10.9 Å². The van der Waals surface area contributed by atoms with Crippen LogP contribution in [-0.4, -0.2) is 7.11 Å². The van der Waals surface area contributed by atoms with Crippen LogP contribution in [0, 0.1) is 17.1 Å². The number of halogens is 1. The summed E-state index contributed by atoms with van der Waals surface area (Å²) in [5.74, 6) is -0.460. The van der Waals surface area contributed by atoms with Crippen LogP contribution in [0.15, 0.2) is 18.2 Å². The molecule has 2 rings (SSSR count). The van der Waals surface area contributed by atoms with Crippen LogP contribution in [0.2, 0.25) is 0 Å². The zero-order chi connectivity index (χ0) is 10.1. The second-order valence-corrected chi connectivity index (χ2v) is 3.74. The molecule has 0 unspecified atom stereocenters. The molecule has 0 aliphatic rings. The Kier molecular flexibility index (Phi) is 2.10. The van der Waals surface area contributed by atoms with Crippen molar-refractivity contribution in [1.29, 1.82) is 5.26 Å². The van der Waals surface area contributed by atoms with E-state index in [1.165, 1.54) is 24.5 Å².